The van der Waals surface area contributed by atoms with Crippen molar-refractivity contribution in [1.29, 1.82) is 0 Å². The van der Waals surface area contributed by atoms with Crippen LogP contribution in [0.25, 0.3) is 0 Å². The molecule has 0 bridgehead atoms. The Bertz CT molecular complexity index is 1410. The maximum Gasteiger partial charge on any atom is 0.229 e. The first-order chi connectivity index (χ1) is 18.7. The Morgan fingerprint density at radius 2 is 1.48 bits per heavy atom. The molecule has 3 aromatic carbocycles. The summed E-state index contributed by atoms with van der Waals surface area (Å²) in [5.41, 5.74) is 2.05. The van der Waals surface area contributed by atoms with Crippen LogP contribution >= 0.6 is 23.2 Å². The number of amides is 1. The number of nitrogens with zero attached hydrogens (tertiary/aromatic N) is 2. The van der Waals surface area contributed by atoms with Crippen LogP contribution in [0.1, 0.15) is 84.1 Å². The molecule has 1 heterocycles. The van der Waals surface area contributed by atoms with E-state index in [0.717, 1.165) is 28.0 Å². The van der Waals surface area contributed by atoms with E-state index >= 15 is 0 Å². The minimum Gasteiger partial charge on any atom is -0.493 e. The van der Waals surface area contributed by atoms with E-state index in [1.165, 1.54) is 0 Å². The Morgan fingerprint density at radius 1 is 0.925 bits per heavy atom. The van der Waals surface area contributed by atoms with Gasteiger partial charge in [0.25, 0.3) is 0 Å². The van der Waals surface area contributed by atoms with Gasteiger partial charge in [-0.2, -0.15) is 0 Å². The molecule has 1 aliphatic heterocycles. The average molecular weight is 580 g/mol. The highest BCUT2D eigenvalue weighted by molar-refractivity contribution is 6.30. The Labute approximate surface area is 249 Å². The second-order valence-electron chi connectivity index (χ2n) is 12.3. The normalized spacial score (nSPS) is 21.1. The van der Waals surface area contributed by atoms with Crippen molar-refractivity contribution in [3.05, 3.63) is 99.0 Å². The lowest BCUT2D eigenvalue weighted by molar-refractivity contribution is -0.133. The number of hydrogen-bond donors (Lipinski definition) is 0. The van der Waals surface area contributed by atoms with Crippen molar-refractivity contribution >= 4 is 34.9 Å². The van der Waals surface area contributed by atoms with Crippen LogP contribution in [0, 0.1) is 5.92 Å². The first kappa shape index (κ1) is 30.1. The minimum atomic E-state index is -0.876. The average Bonchev–Trinajstić information content (AvgIpc) is 3.12. The van der Waals surface area contributed by atoms with Gasteiger partial charge >= 0.3 is 0 Å². The first-order valence-corrected chi connectivity index (χ1v) is 14.7. The summed E-state index contributed by atoms with van der Waals surface area (Å²) in [5, 5.41) is 1.28. The van der Waals surface area contributed by atoms with Gasteiger partial charge in [-0.05, 0) is 85.2 Å². The third-order valence-electron chi connectivity index (χ3n) is 7.97. The van der Waals surface area contributed by atoms with E-state index in [2.05, 4.69) is 66.7 Å². The molecule has 4 nitrogen and oxygen atoms in total. The number of amidine groups is 1. The molecule has 6 heteroatoms. The minimum absolute atomic E-state index is 0.00577. The van der Waals surface area contributed by atoms with Gasteiger partial charge < -0.3 is 4.74 Å². The summed E-state index contributed by atoms with van der Waals surface area (Å²) in [7, 11) is 0. The fourth-order valence-corrected chi connectivity index (χ4v) is 5.79. The van der Waals surface area contributed by atoms with Crippen molar-refractivity contribution in [2.45, 2.75) is 78.3 Å². The lowest BCUT2D eigenvalue weighted by atomic mass is 9.70. The molecule has 3 aromatic rings. The van der Waals surface area contributed by atoms with E-state index in [0.29, 0.717) is 28.9 Å². The Hall–Kier alpha value is -2.82. The van der Waals surface area contributed by atoms with Gasteiger partial charge in [-0.15, -0.1) is 0 Å². The third-order valence-corrected chi connectivity index (χ3v) is 8.47. The lowest BCUT2D eigenvalue weighted by Gasteiger charge is -2.45. The van der Waals surface area contributed by atoms with Gasteiger partial charge in [0.15, 0.2) is 0 Å². The fraction of sp³-hybridized carbons (Fsp3) is 0.412. The van der Waals surface area contributed by atoms with Crippen LogP contribution in [-0.4, -0.2) is 23.2 Å². The number of aliphatic imine (C=N–C) groups is 1. The molecule has 0 saturated carbocycles. The van der Waals surface area contributed by atoms with Crippen LogP contribution in [0.5, 0.6) is 5.75 Å². The summed E-state index contributed by atoms with van der Waals surface area (Å²) in [6.07, 6.45) is 0.378. The molecule has 40 heavy (non-hydrogen) atoms. The zero-order valence-corrected chi connectivity index (χ0v) is 26.3. The topological polar surface area (TPSA) is 41.9 Å². The second kappa shape index (κ2) is 11.2. The summed E-state index contributed by atoms with van der Waals surface area (Å²) in [6.45, 7) is 17.3. The van der Waals surface area contributed by atoms with Gasteiger partial charge in [0.1, 0.15) is 22.7 Å². The molecular formula is C34H40Cl2N2O2. The van der Waals surface area contributed by atoms with E-state index in [9.17, 15) is 4.79 Å². The third kappa shape index (κ3) is 5.41. The van der Waals surface area contributed by atoms with Crippen molar-refractivity contribution in [3.63, 3.8) is 0 Å². The monoisotopic (exact) mass is 578 g/mol. The number of benzene rings is 3. The molecule has 0 spiro atoms. The molecule has 0 radical (unpaired) electrons. The van der Waals surface area contributed by atoms with E-state index in [1.807, 2.05) is 60.4 Å². The summed E-state index contributed by atoms with van der Waals surface area (Å²) in [6, 6.07) is 21.7. The molecule has 0 saturated heterocycles. The summed E-state index contributed by atoms with van der Waals surface area (Å²) < 4.78 is 6.22. The van der Waals surface area contributed by atoms with Gasteiger partial charge in [0.2, 0.25) is 5.91 Å². The molecular weight excluding hydrogens is 539 g/mol. The summed E-state index contributed by atoms with van der Waals surface area (Å²) in [5.74, 6) is 1.49. The van der Waals surface area contributed by atoms with Crippen LogP contribution in [0.4, 0.5) is 0 Å². The molecule has 0 aromatic heterocycles. The van der Waals surface area contributed by atoms with E-state index in [-0.39, 0.29) is 17.2 Å². The second-order valence-corrected chi connectivity index (χ2v) is 13.2. The maximum absolute atomic E-state index is 14.3. The molecule has 0 aliphatic carbocycles. The SMILES string of the molecule is CCOc1cc(C(C)(C)C)ccc1C1=N[C@@](C)(c2ccc(Cl)cc2)[C@@](C)(c2ccc(Cl)cc2)N1C(=O)CC(C)C. The molecule has 2 atom stereocenters. The molecule has 0 fully saturated rings. The molecule has 4 rings (SSSR count). The highest BCUT2D eigenvalue weighted by atomic mass is 35.5. The molecule has 1 amide bonds. The smallest absolute Gasteiger partial charge is 0.229 e. The van der Waals surface area contributed by atoms with Crippen LogP contribution in [0.3, 0.4) is 0 Å². The van der Waals surface area contributed by atoms with Crippen LogP contribution in [0.2, 0.25) is 10.0 Å². The highest BCUT2D eigenvalue weighted by Crippen LogP contribution is 2.54. The molecule has 212 valence electrons. The lowest BCUT2D eigenvalue weighted by Crippen LogP contribution is -2.55. The van der Waals surface area contributed by atoms with Gasteiger partial charge in [-0.3, -0.25) is 14.7 Å². The van der Waals surface area contributed by atoms with Gasteiger partial charge in [0.05, 0.1) is 12.2 Å². The fourth-order valence-electron chi connectivity index (χ4n) is 5.54. The quantitative estimate of drug-likeness (QED) is 0.280. The predicted octanol–water partition coefficient (Wildman–Crippen LogP) is 9.16. The van der Waals surface area contributed by atoms with Crippen LogP contribution in [-0.2, 0) is 21.3 Å². The Kier molecular flexibility index (Phi) is 8.45. The number of halogens is 2. The molecule has 1 aliphatic rings. The van der Waals surface area contributed by atoms with Crippen LogP contribution in [0.15, 0.2) is 71.7 Å². The van der Waals surface area contributed by atoms with Crippen LogP contribution < -0.4 is 4.74 Å². The van der Waals surface area contributed by atoms with E-state index < -0.39 is 11.1 Å². The molecule has 0 unspecified atom stereocenters. The summed E-state index contributed by atoms with van der Waals surface area (Å²) in [4.78, 5) is 21.7. The van der Waals surface area contributed by atoms with Crippen molar-refractivity contribution in [1.82, 2.24) is 4.90 Å². The number of hydrogen-bond acceptors (Lipinski definition) is 3. The van der Waals surface area contributed by atoms with Gasteiger partial charge in [-0.1, -0.05) is 88.2 Å². The van der Waals surface area contributed by atoms with Crippen molar-refractivity contribution in [3.8, 4) is 5.75 Å². The van der Waals surface area contributed by atoms with Crippen molar-refractivity contribution in [2.24, 2.45) is 10.9 Å². The zero-order chi connectivity index (χ0) is 29.5. The number of carbonyl (C=O) groups excluding carboxylic acids is 1. The largest absolute Gasteiger partial charge is 0.493 e. The molecule has 0 N–H and O–H groups in total. The van der Waals surface area contributed by atoms with Crippen molar-refractivity contribution in [2.75, 3.05) is 6.61 Å². The van der Waals surface area contributed by atoms with Crippen molar-refractivity contribution < 1.29 is 9.53 Å². The predicted molar refractivity (Wildman–Crippen MR) is 167 cm³/mol. The van der Waals surface area contributed by atoms with E-state index in [1.54, 1.807) is 0 Å². The maximum atomic E-state index is 14.3. The van der Waals surface area contributed by atoms with Gasteiger partial charge in [-0.25, -0.2) is 0 Å². The van der Waals surface area contributed by atoms with Gasteiger partial charge in [0, 0.05) is 16.5 Å². The number of carbonyl (C=O) groups is 1. The Morgan fingerprint density at radius 3 is 1.98 bits per heavy atom. The first-order valence-electron chi connectivity index (χ1n) is 13.9. The Balaban J connectivity index is 2.06. The van der Waals surface area contributed by atoms with E-state index in [4.69, 9.17) is 32.9 Å². The number of ether oxygens (including phenoxy) is 1. The summed E-state index contributed by atoms with van der Waals surface area (Å²) >= 11 is 12.6. The zero-order valence-electron chi connectivity index (χ0n) is 24.8. The number of rotatable bonds is 7. The highest BCUT2D eigenvalue weighted by Gasteiger charge is 2.59. The standard InChI is InChI=1S/C34H40Cl2N2O2/c1-9-40-29-21-25(32(4,5)6)14-19-28(29)31-37-33(7,23-10-15-26(35)16-11-23)34(8,24-12-17-27(36)18-13-24)38(31)30(39)20-22(2)3/h10-19,21-22H,9,20H2,1-8H3/t33-,34+/m0/s1.